The highest BCUT2D eigenvalue weighted by atomic mass is 35.5. The van der Waals surface area contributed by atoms with Crippen LogP contribution >= 0.6 is 23.4 Å². The predicted molar refractivity (Wildman–Crippen MR) is 51.1 cm³/mol. The van der Waals surface area contributed by atoms with Gasteiger partial charge in [0, 0.05) is 4.90 Å². The molecule has 0 aliphatic rings. The van der Waals surface area contributed by atoms with E-state index in [4.69, 9.17) is 11.6 Å². The summed E-state index contributed by atoms with van der Waals surface area (Å²) < 4.78 is 11.9. The number of aliphatic imine (C=N–C) groups is 1. The molecule has 0 fully saturated rings. The third kappa shape index (κ3) is 2.84. The molecule has 0 atom stereocenters. The number of benzene rings is 1. The third-order valence-corrected chi connectivity index (χ3v) is 2.50. The second kappa shape index (κ2) is 5.02. The van der Waals surface area contributed by atoms with Gasteiger partial charge in [0.25, 0.3) is 0 Å². The molecular formula is C8H5ClFNOS. The Bertz CT molecular complexity index is 352. The number of alkyl halides is 1. The molecule has 0 aliphatic carbocycles. The molecule has 5 heteroatoms. The van der Waals surface area contributed by atoms with Crippen LogP contribution in [0.25, 0.3) is 0 Å². The Kier molecular flexibility index (Phi) is 3.96. The number of rotatable bonds is 3. The number of thioether (sulfide) groups is 1. The highest BCUT2D eigenvalue weighted by molar-refractivity contribution is 7.99. The van der Waals surface area contributed by atoms with Crippen LogP contribution in [0.15, 0.2) is 28.1 Å². The van der Waals surface area contributed by atoms with Crippen molar-refractivity contribution in [3.63, 3.8) is 0 Å². The van der Waals surface area contributed by atoms with Crippen LogP contribution in [0.1, 0.15) is 0 Å². The van der Waals surface area contributed by atoms with E-state index in [0.29, 0.717) is 15.6 Å². The fourth-order valence-electron chi connectivity index (χ4n) is 0.788. The number of hydrogen-bond acceptors (Lipinski definition) is 3. The van der Waals surface area contributed by atoms with E-state index in [9.17, 15) is 9.18 Å². The number of nitrogens with zero attached hydrogens (tertiary/aromatic N) is 1. The Morgan fingerprint density at radius 3 is 2.92 bits per heavy atom. The summed E-state index contributed by atoms with van der Waals surface area (Å²) in [6.45, 7) is 0. The van der Waals surface area contributed by atoms with Crippen LogP contribution in [0.3, 0.4) is 0 Å². The lowest BCUT2D eigenvalue weighted by Crippen LogP contribution is -1.74. The van der Waals surface area contributed by atoms with Crippen LogP contribution < -0.4 is 0 Å². The van der Waals surface area contributed by atoms with Crippen molar-refractivity contribution in [3.05, 3.63) is 23.2 Å². The lowest BCUT2D eigenvalue weighted by Gasteiger charge is -2.00. The number of halogens is 2. The first-order chi connectivity index (χ1) is 6.27. The van der Waals surface area contributed by atoms with Gasteiger partial charge in [-0.25, -0.2) is 9.18 Å². The summed E-state index contributed by atoms with van der Waals surface area (Å²) >= 11 is 6.76. The average Bonchev–Trinajstić information content (AvgIpc) is 2.10. The lowest BCUT2D eigenvalue weighted by molar-refractivity contribution is 0.565. The standard InChI is InChI=1S/C8H5ClFNOS/c9-7-3-6(11-5-12)1-2-8(7)13-4-10/h1-3H,4H2. The fourth-order valence-corrected chi connectivity index (χ4v) is 1.60. The Morgan fingerprint density at radius 2 is 2.38 bits per heavy atom. The summed E-state index contributed by atoms with van der Waals surface area (Å²) in [5.74, 6) is 0. The van der Waals surface area contributed by atoms with Crippen LogP contribution in [0.5, 0.6) is 0 Å². The second-order valence-electron chi connectivity index (χ2n) is 2.07. The molecule has 0 aliphatic heterocycles. The molecule has 0 bridgehead atoms. The normalized spacial score (nSPS) is 9.38. The van der Waals surface area contributed by atoms with Gasteiger partial charge < -0.3 is 0 Å². The third-order valence-electron chi connectivity index (χ3n) is 1.30. The molecule has 0 amide bonds. The van der Waals surface area contributed by atoms with Gasteiger partial charge in [0.15, 0.2) is 0 Å². The first-order valence-electron chi connectivity index (χ1n) is 3.34. The maximum Gasteiger partial charge on any atom is 0.240 e. The molecule has 0 heterocycles. The van der Waals surface area contributed by atoms with Gasteiger partial charge in [0.1, 0.15) is 6.01 Å². The van der Waals surface area contributed by atoms with E-state index in [1.165, 1.54) is 12.1 Å². The van der Waals surface area contributed by atoms with Crippen molar-refractivity contribution in [2.45, 2.75) is 4.90 Å². The van der Waals surface area contributed by atoms with Crippen molar-refractivity contribution in [1.29, 1.82) is 0 Å². The molecule has 68 valence electrons. The summed E-state index contributed by atoms with van der Waals surface area (Å²) in [6, 6.07) is 4.15. The van der Waals surface area contributed by atoms with Crippen molar-refractivity contribution in [2.24, 2.45) is 4.99 Å². The molecule has 0 saturated heterocycles. The van der Waals surface area contributed by atoms with E-state index in [2.05, 4.69) is 4.99 Å². The van der Waals surface area contributed by atoms with Gasteiger partial charge in [-0.2, -0.15) is 4.99 Å². The Labute approximate surface area is 83.8 Å². The molecule has 0 spiro atoms. The van der Waals surface area contributed by atoms with Gasteiger partial charge in [0.05, 0.1) is 10.7 Å². The summed E-state index contributed by atoms with van der Waals surface area (Å²) in [5, 5.41) is 0.388. The first-order valence-corrected chi connectivity index (χ1v) is 4.70. The van der Waals surface area contributed by atoms with Crippen molar-refractivity contribution in [3.8, 4) is 0 Å². The van der Waals surface area contributed by atoms with Crippen molar-refractivity contribution < 1.29 is 9.18 Å². The zero-order chi connectivity index (χ0) is 9.68. The molecule has 0 radical (unpaired) electrons. The van der Waals surface area contributed by atoms with Crippen LogP contribution in [0.2, 0.25) is 5.02 Å². The average molecular weight is 218 g/mol. The molecule has 0 aromatic heterocycles. The predicted octanol–water partition coefficient (Wildman–Crippen LogP) is 3.33. The number of hydrogen-bond donors (Lipinski definition) is 0. The molecule has 1 aromatic rings. The Morgan fingerprint density at radius 1 is 1.62 bits per heavy atom. The molecular weight excluding hydrogens is 213 g/mol. The quantitative estimate of drug-likeness (QED) is 0.442. The first kappa shape index (κ1) is 10.3. The molecule has 2 nitrogen and oxygen atoms in total. The van der Waals surface area contributed by atoms with E-state index in [-0.39, 0.29) is 0 Å². The van der Waals surface area contributed by atoms with Gasteiger partial charge >= 0.3 is 0 Å². The summed E-state index contributed by atoms with van der Waals surface area (Å²) in [5.41, 5.74) is 0.420. The van der Waals surface area contributed by atoms with E-state index < -0.39 is 6.01 Å². The van der Waals surface area contributed by atoms with Crippen molar-refractivity contribution >= 4 is 35.1 Å². The van der Waals surface area contributed by atoms with E-state index in [1.54, 1.807) is 12.1 Å². The van der Waals surface area contributed by atoms with Crippen LogP contribution in [0, 0.1) is 0 Å². The smallest absolute Gasteiger partial charge is 0.239 e. The van der Waals surface area contributed by atoms with Crippen molar-refractivity contribution in [1.82, 2.24) is 0 Å². The number of isocyanates is 1. The van der Waals surface area contributed by atoms with Crippen LogP contribution in [-0.4, -0.2) is 12.1 Å². The summed E-state index contributed by atoms with van der Waals surface area (Å²) in [4.78, 5) is 13.9. The zero-order valence-electron chi connectivity index (χ0n) is 6.46. The minimum absolute atomic E-state index is 0.388. The van der Waals surface area contributed by atoms with Gasteiger partial charge in [-0.05, 0) is 18.2 Å². The highest BCUT2D eigenvalue weighted by Gasteiger charge is 2.01. The monoisotopic (exact) mass is 217 g/mol. The Hall–Kier alpha value is -0.830. The van der Waals surface area contributed by atoms with E-state index in [1.807, 2.05) is 0 Å². The van der Waals surface area contributed by atoms with Crippen LogP contribution in [-0.2, 0) is 4.79 Å². The van der Waals surface area contributed by atoms with E-state index in [0.717, 1.165) is 11.8 Å². The largest absolute Gasteiger partial charge is 0.240 e. The SMILES string of the molecule is O=C=Nc1ccc(SCF)c(Cl)c1. The fraction of sp³-hybridized carbons (Fsp3) is 0.125. The van der Waals surface area contributed by atoms with Crippen molar-refractivity contribution in [2.75, 3.05) is 6.01 Å². The maximum absolute atomic E-state index is 11.9. The Balaban J connectivity index is 2.97. The minimum atomic E-state index is -0.532. The van der Waals surface area contributed by atoms with E-state index >= 15 is 0 Å². The second-order valence-corrected chi connectivity index (χ2v) is 3.43. The lowest BCUT2D eigenvalue weighted by atomic mass is 10.3. The maximum atomic E-state index is 11.9. The summed E-state index contributed by atoms with van der Waals surface area (Å²) in [7, 11) is 0. The molecule has 0 unspecified atom stereocenters. The van der Waals surface area contributed by atoms with Gasteiger partial charge in [-0.3, -0.25) is 0 Å². The van der Waals surface area contributed by atoms with Crippen LogP contribution in [0.4, 0.5) is 10.1 Å². The highest BCUT2D eigenvalue weighted by Crippen LogP contribution is 2.30. The minimum Gasteiger partial charge on any atom is -0.239 e. The molecule has 1 aromatic carbocycles. The van der Waals surface area contributed by atoms with Gasteiger partial charge in [-0.1, -0.05) is 23.4 Å². The molecule has 0 saturated carbocycles. The zero-order valence-corrected chi connectivity index (χ0v) is 8.03. The molecule has 0 N–H and O–H groups in total. The van der Waals surface area contributed by atoms with Gasteiger partial charge in [0.2, 0.25) is 6.08 Å². The molecule has 1 rings (SSSR count). The topological polar surface area (TPSA) is 29.4 Å². The summed E-state index contributed by atoms with van der Waals surface area (Å²) in [6.07, 6.45) is 1.40. The number of carbonyl (C=O) groups excluding carboxylic acids is 1. The van der Waals surface area contributed by atoms with Gasteiger partial charge in [-0.15, -0.1) is 0 Å². The molecule has 13 heavy (non-hydrogen) atoms.